The van der Waals surface area contributed by atoms with E-state index in [1.165, 1.54) is 66.6 Å². The van der Waals surface area contributed by atoms with Gasteiger partial charge in [-0.15, -0.1) is 38.2 Å². The van der Waals surface area contributed by atoms with Gasteiger partial charge < -0.3 is 7.43 Å². The molecule has 0 spiro atoms. The molecule has 0 radical (unpaired) electrons. The second-order valence-electron chi connectivity index (χ2n) is 6.33. The Bertz CT molecular complexity index is 676. The Morgan fingerprint density at radius 3 is 2.11 bits per heavy atom. The van der Waals surface area contributed by atoms with E-state index in [1.54, 1.807) is 11.1 Å². The fraction of sp³-hybridized carbons (Fsp3) is 0.292. The van der Waals surface area contributed by atoms with Gasteiger partial charge in [-0.1, -0.05) is 32.6 Å². The van der Waals surface area contributed by atoms with Gasteiger partial charge in [0.25, 0.3) is 0 Å². The summed E-state index contributed by atoms with van der Waals surface area (Å²) in [6, 6.07) is 17.0. The summed E-state index contributed by atoms with van der Waals surface area (Å²) in [5.74, 6) is 0. The van der Waals surface area contributed by atoms with Crippen molar-refractivity contribution >= 4 is 28.5 Å². The van der Waals surface area contributed by atoms with Crippen LogP contribution in [0.4, 0.5) is 0 Å². The first-order valence-electron chi connectivity index (χ1n) is 8.72. The van der Waals surface area contributed by atoms with Crippen LogP contribution in [-0.2, 0) is 37.1 Å². The Morgan fingerprint density at radius 1 is 1.00 bits per heavy atom. The SMILES string of the molecule is CC1=C(C)C[C-]=C1.Cl.Cl.[CH3-].[Zr]=[CH]c1ccccc1.c1cc2c([cH-]1)CCCC2. The quantitative estimate of drug-likeness (QED) is 0.383. The molecule has 2 aliphatic rings. The van der Waals surface area contributed by atoms with E-state index in [4.69, 9.17) is 0 Å². The molecule has 148 valence electrons. The van der Waals surface area contributed by atoms with Crippen molar-refractivity contribution in [3.8, 4) is 0 Å². The van der Waals surface area contributed by atoms with Crippen LogP contribution >= 0.6 is 24.8 Å². The first kappa shape index (κ1) is 28.6. The Labute approximate surface area is 193 Å². The average Bonchev–Trinajstić information content (AvgIpc) is 3.26. The Morgan fingerprint density at radius 2 is 1.67 bits per heavy atom. The number of fused-ring (bicyclic) bond motifs is 1. The summed E-state index contributed by atoms with van der Waals surface area (Å²) >= 11 is 1.46. The van der Waals surface area contributed by atoms with E-state index in [-0.39, 0.29) is 32.2 Å². The van der Waals surface area contributed by atoms with Crippen LogP contribution in [0, 0.1) is 13.5 Å². The summed E-state index contributed by atoms with van der Waals surface area (Å²) < 4.78 is 2.17. The zero-order valence-electron chi connectivity index (χ0n) is 16.6. The number of halogens is 2. The van der Waals surface area contributed by atoms with Gasteiger partial charge >= 0.3 is 63.8 Å². The van der Waals surface area contributed by atoms with Gasteiger partial charge in [0.2, 0.25) is 0 Å². The van der Waals surface area contributed by atoms with Crippen molar-refractivity contribution in [3.05, 3.63) is 95.9 Å². The smallest absolute Gasteiger partial charge is 0.0512 e. The van der Waals surface area contributed by atoms with Crippen LogP contribution in [0.5, 0.6) is 0 Å². The zero-order chi connectivity index (χ0) is 17.2. The van der Waals surface area contributed by atoms with E-state index in [0.29, 0.717) is 0 Å². The van der Waals surface area contributed by atoms with Crippen LogP contribution in [0.25, 0.3) is 0 Å². The molecule has 0 heterocycles. The first-order valence-corrected chi connectivity index (χ1v) is 10.1. The monoisotopic (exact) mass is 479 g/mol. The van der Waals surface area contributed by atoms with Crippen molar-refractivity contribution in [2.75, 3.05) is 0 Å². The second kappa shape index (κ2) is 16.3. The minimum absolute atomic E-state index is 0. The van der Waals surface area contributed by atoms with Gasteiger partial charge in [0.15, 0.2) is 0 Å². The van der Waals surface area contributed by atoms with Crippen molar-refractivity contribution in [2.45, 2.75) is 46.0 Å². The van der Waals surface area contributed by atoms with Crippen LogP contribution in [0.3, 0.4) is 0 Å². The van der Waals surface area contributed by atoms with Gasteiger partial charge in [-0.25, -0.2) is 17.7 Å². The number of benzene rings is 1. The molecule has 0 fully saturated rings. The zero-order valence-corrected chi connectivity index (χ0v) is 20.7. The van der Waals surface area contributed by atoms with E-state index in [0.717, 1.165) is 6.42 Å². The third-order valence-corrected chi connectivity index (χ3v) is 5.29. The van der Waals surface area contributed by atoms with Crippen molar-refractivity contribution < 1.29 is 24.2 Å². The first-order chi connectivity index (χ1) is 11.7. The second-order valence-corrected chi connectivity index (χ2v) is 7.04. The molecule has 2 aromatic carbocycles. The van der Waals surface area contributed by atoms with Crippen molar-refractivity contribution in [2.24, 2.45) is 0 Å². The van der Waals surface area contributed by atoms with Crippen LogP contribution in [0.1, 0.15) is 49.8 Å². The molecule has 0 amide bonds. The van der Waals surface area contributed by atoms with E-state index in [1.807, 2.05) is 6.07 Å². The van der Waals surface area contributed by atoms with Gasteiger partial charge in [0.05, 0.1) is 0 Å². The maximum absolute atomic E-state index is 3.12. The molecule has 2 aromatic rings. The Kier molecular flexibility index (Phi) is 17.3. The minimum atomic E-state index is 0. The number of rotatable bonds is 1. The number of aryl methyl sites for hydroxylation is 2. The van der Waals surface area contributed by atoms with Crippen LogP contribution in [-0.4, -0.2) is 3.71 Å². The van der Waals surface area contributed by atoms with Crippen molar-refractivity contribution in [1.29, 1.82) is 0 Å². The van der Waals surface area contributed by atoms with Gasteiger partial charge in [0, 0.05) is 0 Å². The summed E-state index contributed by atoms with van der Waals surface area (Å²) in [5, 5.41) is 0. The molecule has 3 heteroatoms. The van der Waals surface area contributed by atoms with E-state index >= 15 is 0 Å². The Balaban J connectivity index is 0. The maximum atomic E-state index is 3.12. The minimum Gasteiger partial charge on any atom is -0.210 e. The molecular weight excluding hydrogens is 450 g/mol. The number of allylic oxidation sites excluding steroid dienone is 4. The van der Waals surface area contributed by atoms with Crippen LogP contribution in [0.2, 0.25) is 0 Å². The average molecular weight is 482 g/mol. The molecule has 0 unspecified atom stereocenters. The van der Waals surface area contributed by atoms with Gasteiger partial charge in [0.1, 0.15) is 0 Å². The number of hydrogen-bond donors (Lipinski definition) is 0. The topological polar surface area (TPSA) is 0 Å². The molecular formula is C24H31Cl2Zr-3. The standard InChI is InChI=1S/C9H11.C7H9.C7H6.CH3.2ClH.Zr/c1-2-5-9-7-3-6-8(9)4-1;1-6-4-3-5-7(6)2;1-7-5-3-2-4-6-7;;;;/h3,6-7H,1-2,4-5H2;4H,5H2,1-2H3;1-6H;1H3;2*1H;/q2*-1;;-1;;;. The molecule has 0 bridgehead atoms. The van der Waals surface area contributed by atoms with Crippen molar-refractivity contribution in [1.82, 2.24) is 0 Å². The Hall–Kier alpha value is -0.617. The molecule has 4 rings (SSSR count). The van der Waals surface area contributed by atoms with Gasteiger partial charge in [-0.3, -0.25) is 6.08 Å². The molecule has 27 heavy (non-hydrogen) atoms. The van der Waals surface area contributed by atoms with Gasteiger partial charge in [-0.2, -0.15) is 28.8 Å². The molecule has 2 aliphatic carbocycles. The third-order valence-electron chi connectivity index (χ3n) is 4.47. The normalized spacial score (nSPS) is 13.2. The largest absolute Gasteiger partial charge is 0.210 e. The molecule has 0 aliphatic heterocycles. The molecule has 0 saturated carbocycles. The summed E-state index contributed by atoms with van der Waals surface area (Å²) in [7, 11) is 0. The molecule has 0 atom stereocenters. The van der Waals surface area contributed by atoms with E-state index in [9.17, 15) is 0 Å². The molecule has 0 nitrogen and oxygen atoms in total. The number of hydrogen-bond acceptors (Lipinski definition) is 0. The molecule has 0 saturated heterocycles. The van der Waals surface area contributed by atoms with E-state index < -0.39 is 0 Å². The van der Waals surface area contributed by atoms with E-state index in [2.05, 4.69) is 72.2 Å². The molecule has 0 aromatic heterocycles. The fourth-order valence-electron chi connectivity index (χ4n) is 2.78. The maximum Gasteiger partial charge on any atom is -0.0512 e. The summed E-state index contributed by atoms with van der Waals surface area (Å²) in [4.78, 5) is 0. The third kappa shape index (κ3) is 10.5. The summed E-state index contributed by atoms with van der Waals surface area (Å²) in [6.45, 7) is 4.27. The van der Waals surface area contributed by atoms with Crippen LogP contribution < -0.4 is 0 Å². The van der Waals surface area contributed by atoms with Crippen molar-refractivity contribution in [3.63, 3.8) is 0 Å². The van der Waals surface area contributed by atoms with Crippen LogP contribution in [0.15, 0.2) is 65.8 Å². The fourth-order valence-corrected chi connectivity index (χ4v) is 3.26. The predicted octanol–water partition coefficient (Wildman–Crippen LogP) is 7.05. The predicted molar refractivity (Wildman–Crippen MR) is 122 cm³/mol. The van der Waals surface area contributed by atoms with Gasteiger partial charge in [-0.05, 0) is 0 Å². The summed E-state index contributed by atoms with van der Waals surface area (Å²) in [5.41, 5.74) is 7.37. The summed E-state index contributed by atoms with van der Waals surface area (Å²) in [6.07, 6.45) is 11.7. The molecule has 0 N–H and O–H groups in total.